The largest absolute Gasteiger partial charge is 0.493 e. The molecule has 5 rings (SSSR count). The first-order valence-electron chi connectivity index (χ1n) is 10.4. The summed E-state index contributed by atoms with van der Waals surface area (Å²) >= 11 is 3.55. The molecule has 0 bridgehead atoms. The van der Waals surface area contributed by atoms with Crippen LogP contribution in [0, 0.1) is 0 Å². The predicted molar refractivity (Wildman–Crippen MR) is 126 cm³/mol. The molecule has 0 radical (unpaired) electrons. The van der Waals surface area contributed by atoms with Gasteiger partial charge in [-0.2, -0.15) is 5.10 Å². The van der Waals surface area contributed by atoms with Crippen LogP contribution in [0.5, 0.6) is 17.2 Å². The maximum atomic E-state index is 12.3. The lowest BCUT2D eigenvalue weighted by Gasteiger charge is -2.38. The van der Waals surface area contributed by atoms with Crippen molar-refractivity contribution >= 4 is 27.6 Å². The Balaban J connectivity index is 1.68. The molecule has 0 unspecified atom stereocenters. The number of hydrogen-bond acceptors (Lipinski definition) is 6. The van der Waals surface area contributed by atoms with Gasteiger partial charge >= 0.3 is 5.97 Å². The minimum Gasteiger partial charge on any atom is -0.493 e. The van der Waals surface area contributed by atoms with Gasteiger partial charge in [0.2, 0.25) is 6.23 Å². The third kappa shape index (κ3) is 3.60. The number of hydrazone groups is 1. The number of benzene rings is 3. The molecule has 168 valence electrons. The van der Waals surface area contributed by atoms with Crippen LogP contribution in [0.1, 0.15) is 45.7 Å². The highest BCUT2D eigenvalue weighted by molar-refractivity contribution is 9.10. The molecule has 7 nitrogen and oxygen atoms in total. The minimum absolute atomic E-state index is 0.00970. The number of carboxylic acid groups (broad SMARTS) is 1. The van der Waals surface area contributed by atoms with Gasteiger partial charge in [-0.05, 0) is 35.9 Å². The van der Waals surface area contributed by atoms with E-state index in [0.717, 1.165) is 21.3 Å². The minimum atomic E-state index is -1.13. The second-order valence-corrected chi connectivity index (χ2v) is 8.65. The van der Waals surface area contributed by atoms with Gasteiger partial charge in [-0.15, -0.1) is 0 Å². The van der Waals surface area contributed by atoms with Gasteiger partial charge in [-0.25, -0.2) is 9.80 Å². The summed E-state index contributed by atoms with van der Waals surface area (Å²) in [4.78, 5) is 12.3. The topological polar surface area (TPSA) is 80.6 Å². The third-order valence-corrected chi connectivity index (χ3v) is 6.41. The second kappa shape index (κ2) is 8.44. The predicted octanol–water partition coefficient (Wildman–Crippen LogP) is 5.41. The van der Waals surface area contributed by atoms with Crippen molar-refractivity contribution in [1.29, 1.82) is 0 Å². The number of halogens is 1. The number of nitrogens with zero attached hydrogens (tertiary/aromatic N) is 2. The van der Waals surface area contributed by atoms with Crippen LogP contribution in [0.2, 0.25) is 0 Å². The fourth-order valence-electron chi connectivity index (χ4n) is 4.44. The zero-order valence-corrected chi connectivity index (χ0v) is 19.6. The van der Waals surface area contributed by atoms with Crippen LogP contribution in [0.3, 0.4) is 0 Å². The lowest BCUT2D eigenvalue weighted by molar-refractivity contribution is -0.0199. The fraction of sp³-hybridized carbons (Fsp3) is 0.200. The normalized spacial score (nSPS) is 18.6. The van der Waals surface area contributed by atoms with Crippen molar-refractivity contribution in [2.24, 2.45) is 5.10 Å². The smallest absolute Gasteiger partial charge is 0.340 e. The van der Waals surface area contributed by atoms with Gasteiger partial charge < -0.3 is 19.3 Å². The van der Waals surface area contributed by atoms with Crippen molar-refractivity contribution in [1.82, 2.24) is 5.01 Å². The zero-order chi connectivity index (χ0) is 23.1. The zero-order valence-electron chi connectivity index (χ0n) is 18.0. The van der Waals surface area contributed by atoms with E-state index in [2.05, 4.69) is 15.9 Å². The van der Waals surface area contributed by atoms with E-state index in [1.807, 2.05) is 53.5 Å². The van der Waals surface area contributed by atoms with Crippen LogP contribution in [-0.2, 0) is 0 Å². The molecule has 0 amide bonds. The quantitative estimate of drug-likeness (QED) is 0.496. The maximum Gasteiger partial charge on any atom is 0.340 e. The van der Waals surface area contributed by atoms with E-state index in [9.17, 15) is 9.90 Å². The van der Waals surface area contributed by atoms with Crippen LogP contribution >= 0.6 is 15.9 Å². The highest BCUT2D eigenvalue weighted by atomic mass is 79.9. The molecule has 3 aromatic carbocycles. The molecular weight excluding hydrogens is 488 g/mol. The van der Waals surface area contributed by atoms with Crippen LogP contribution in [0.15, 0.2) is 70.2 Å². The highest BCUT2D eigenvalue weighted by Gasteiger charge is 2.43. The summed E-state index contributed by atoms with van der Waals surface area (Å²) in [7, 11) is 2.90. The van der Waals surface area contributed by atoms with E-state index in [-0.39, 0.29) is 17.4 Å². The third-order valence-electron chi connectivity index (χ3n) is 5.92. The van der Waals surface area contributed by atoms with Crippen molar-refractivity contribution in [3.05, 3.63) is 87.4 Å². The molecule has 2 atom stereocenters. The molecule has 0 saturated carbocycles. The van der Waals surface area contributed by atoms with E-state index in [4.69, 9.17) is 19.3 Å². The molecule has 1 N–H and O–H groups in total. The Labute approximate surface area is 199 Å². The van der Waals surface area contributed by atoms with E-state index in [1.165, 1.54) is 14.2 Å². The van der Waals surface area contributed by atoms with Crippen LogP contribution in [0.4, 0.5) is 0 Å². The van der Waals surface area contributed by atoms with Gasteiger partial charge in [0, 0.05) is 22.0 Å². The van der Waals surface area contributed by atoms with Crippen molar-refractivity contribution < 1.29 is 24.1 Å². The number of aromatic carboxylic acids is 1. The molecule has 3 aromatic rings. The average Bonchev–Trinajstić information content (AvgIpc) is 3.29. The summed E-state index contributed by atoms with van der Waals surface area (Å²) in [6.07, 6.45) is -0.0842. The summed E-state index contributed by atoms with van der Waals surface area (Å²) in [5.74, 6) is 0.0509. The number of rotatable bonds is 5. The molecule has 0 spiro atoms. The van der Waals surface area contributed by atoms with Gasteiger partial charge in [0.1, 0.15) is 11.3 Å². The van der Waals surface area contributed by atoms with Gasteiger partial charge in [0.05, 0.1) is 26.0 Å². The molecule has 2 heterocycles. The van der Waals surface area contributed by atoms with Crippen molar-refractivity contribution in [2.45, 2.75) is 18.7 Å². The number of carboxylic acids is 1. The average molecular weight is 509 g/mol. The van der Waals surface area contributed by atoms with Gasteiger partial charge in [0.15, 0.2) is 11.5 Å². The number of ether oxygens (including phenoxy) is 3. The van der Waals surface area contributed by atoms with Crippen LogP contribution < -0.4 is 14.2 Å². The van der Waals surface area contributed by atoms with Crippen molar-refractivity contribution in [3.63, 3.8) is 0 Å². The summed E-state index contributed by atoms with van der Waals surface area (Å²) < 4.78 is 18.1. The fourth-order valence-corrected chi connectivity index (χ4v) is 4.82. The SMILES string of the molecule is COc1ccc([C@H]2Oc3ccc(Br)cc3[C@H]3CC(c4ccccc4)=NN32)c(C(=O)O)c1OC. The number of hydrogen-bond donors (Lipinski definition) is 1. The first-order valence-corrected chi connectivity index (χ1v) is 11.2. The second-order valence-electron chi connectivity index (χ2n) is 7.74. The first-order chi connectivity index (χ1) is 16.0. The van der Waals surface area contributed by atoms with Crippen molar-refractivity contribution in [3.8, 4) is 17.2 Å². The van der Waals surface area contributed by atoms with Crippen molar-refractivity contribution in [2.75, 3.05) is 14.2 Å². The summed E-state index contributed by atoms with van der Waals surface area (Å²) in [5, 5.41) is 16.8. The Hall–Kier alpha value is -3.52. The lowest BCUT2D eigenvalue weighted by Crippen LogP contribution is -2.34. The molecule has 2 aliphatic rings. The first kappa shape index (κ1) is 21.3. The lowest BCUT2D eigenvalue weighted by atomic mass is 9.95. The molecule has 0 saturated heterocycles. The molecule has 8 heteroatoms. The van der Waals surface area contributed by atoms with Crippen LogP contribution in [0.25, 0.3) is 0 Å². The summed E-state index contributed by atoms with van der Waals surface area (Å²) in [5.41, 5.74) is 3.36. The molecule has 0 aliphatic carbocycles. The molecular formula is C25H21BrN2O5. The Morgan fingerprint density at radius 1 is 1.09 bits per heavy atom. The Kier molecular flexibility index (Phi) is 5.46. The van der Waals surface area contributed by atoms with Gasteiger partial charge in [-0.3, -0.25) is 0 Å². The molecule has 2 aliphatic heterocycles. The number of carbonyl (C=O) groups is 1. The van der Waals surface area contributed by atoms with E-state index < -0.39 is 12.2 Å². The van der Waals surface area contributed by atoms with Crippen LogP contribution in [-0.4, -0.2) is 36.0 Å². The monoisotopic (exact) mass is 508 g/mol. The van der Waals surface area contributed by atoms with E-state index in [1.54, 1.807) is 12.1 Å². The summed E-state index contributed by atoms with van der Waals surface area (Å²) in [6.45, 7) is 0. The molecule has 33 heavy (non-hydrogen) atoms. The van der Waals surface area contributed by atoms with E-state index in [0.29, 0.717) is 23.5 Å². The Morgan fingerprint density at radius 3 is 2.58 bits per heavy atom. The molecule has 0 fully saturated rings. The Bertz CT molecular complexity index is 1260. The molecule has 0 aromatic heterocycles. The Morgan fingerprint density at radius 2 is 1.88 bits per heavy atom. The number of methoxy groups -OCH3 is 2. The van der Waals surface area contributed by atoms with E-state index >= 15 is 0 Å². The van der Waals surface area contributed by atoms with Gasteiger partial charge in [0.25, 0.3) is 0 Å². The van der Waals surface area contributed by atoms with Gasteiger partial charge in [-0.1, -0.05) is 46.3 Å². The number of fused-ring (bicyclic) bond motifs is 3. The standard InChI is InChI=1S/C25H21BrN2O5/c1-31-21-11-9-16(22(25(29)30)23(21)32-2)24-28-19(17-12-15(26)8-10-20(17)33-24)13-18(27-28)14-6-4-3-5-7-14/h3-12,19,24H,13H2,1-2H3,(H,29,30)/t19-,24-/m1/s1. The maximum absolute atomic E-state index is 12.3. The highest BCUT2D eigenvalue weighted by Crippen LogP contribution is 2.50. The summed E-state index contributed by atoms with van der Waals surface area (Å²) in [6, 6.07) is 19.1.